The van der Waals surface area contributed by atoms with Crippen molar-refractivity contribution in [2.24, 2.45) is 11.8 Å². The number of piperidine rings is 6. The van der Waals surface area contributed by atoms with Gasteiger partial charge in [0.1, 0.15) is 11.4 Å². The number of thiophene rings is 1. The van der Waals surface area contributed by atoms with Crippen LogP contribution in [-0.4, -0.2) is 79.1 Å². The second-order valence-corrected chi connectivity index (χ2v) is 15.0. The zero-order valence-electron chi connectivity index (χ0n) is 26.9. The van der Waals surface area contributed by atoms with E-state index >= 15 is 0 Å². The maximum Gasteiger partial charge on any atom is 0.123 e. The van der Waals surface area contributed by atoms with Crippen molar-refractivity contribution in [3.63, 3.8) is 0 Å². The van der Waals surface area contributed by atoms with E-state index in [1.807, 2.05) is 0 Å². The molecule has 2 aromatic carbocycles. The molecule has 6 aliphatic rings. The number of rotatable bonds is 7. The molecular weight excluding hydrogens is 683 g/mol. The zero-order chi connectivity index (χ0) is 31.7. The molecule has 0 N–H and O–H groups in total. The highest BCUT2D eigenvalue weighted by atomic mass is 35.5. The fourth-order valence-corrected chi connectivity index (χ4v) is 9.06. The minimum absolute atomic E-state index is 0. The van der Waals surface area contributed by atoms with E-state index < -0.39 is 0 Å². The van der Waals surface area contributed by atoms with Gasteiger partial charge in [-0.3, -0.25) is 0 Å². The summed E-state index contributed by atoms with van der Waals surface area (Å²) in [7, 11) is 0. The Hall–Kier alpha value is -2.79. The van der Waals surface area contributed by atoms with Gasteiger partial charge in [0.05, 0.1) is 29.4 Å². The van der Waals surface area contributed by atoms with E-state index in [4.69, 9.17) is 23.2 Å². The highest BCUT2D eigenvalue weighted by Gasteiger charge is 2.37. The molecule has 48 heavy (non-hydrogen) atoms. The van der Waals surface area contributed by atoms with Gasteiger partial charge in [-0.25, -0.2) is 9.36 Å². The van der Waals surface area contributed by atoms with E-state index in [2.05, 4.69) is 113 Å². The van der Waals surface area contributed by atoms with Gasteiger partial charge < -0.3 is 9.80 Å². The van der Waals surface area contributed by atoms with Crippen LogP contribution in [0.5, 0.6) is 0 Å². The van der Waals surface area contributed by atoms with Crippen molar-refractivity contribution >= 4 is 46.9 Å². The molecule has 6 fully saturated rings. The molecule has 8 nitrogen and oxygen atoms in total. The first kappa shape index (κ1) is 33.7. The third-order valence-electron chi connectivity index (χ3n) is 10.6. The molecule has 6 aliphatic heterocycles. The van der Waals surface area contributed by atoms with E-state index in [9.17, 15) is 0 Å². The van der Waals surface area contributed by atoms with Gasteiger partial charge in [0.15, 0.2) is 0 Å². The summed E-state index contributed by atoms with van der Waals surface area (Å²) in [6.07, 6.45) is 9.41. The highest BCUT2D eigenvalue weighted by Crippen LogP contribution is 2.38. The fourth-order valence-electron chi connectivity index (χ4n) is 7.74. The first-order valence-electron chi connectivity index (χ1n) is 16.8. The number of halogens is 3. The summed E-state index contributed by atoms with van der Waals surface area (Å²) in [6.45, 7) is 7.25. The predicted octanol–water partition coefficient (Wildman–Crippen LogP) is 8.05. The summed E-state index contributed by atoms with van der Waals surface area (Å²) >= 11 is 13.5. The molecule has 4 bridgehead atoms. The molecule has 6 saturated heterocycles. The Labute approximate surface area is 302 Å². The monoisotopic (exact) mass is 722 g/mol. The molecule has 2 atom stereocenters. The van der Waals surface area contributed by atoms with Crippen LogP contribution in [0.4, 0.5) is 0 Å². The number of fused-ring (bicyclic) bond motifs is 6. The maximum atomic E-state index is 5.88. The molecule has 0 aliphatic carbocycles. The molecule has 5 aromatic rings. The average Bonchev–Trinajstić information content (AvgIpc) is 3.95. The van der Waals surface area contributed by atoms with Gasteiger partial charge in [-0.1, -0.05) is 59.0 Å². The van der Waals surface area contributed by atoms with Gasteiger partial charge >= 0.3 is 0 Å². The lowest BCUT2D eigenvalue weighted by atomic mass is 9.84. The molecule has 9 heterocycles. The Morgan fingerprint density at radius 3 is 1.52 bits per heavy atom. The first-order valence-corrected chi connectivity index (χ1v) is 18.7. The van der Waals surface area contributed by atoms with Crippen LogP contribution in [0, 0.1) is 11.8 Å². The van der Waals surface area contributed by atoms with E-state index in [1.54, 1.807) is 11.3 Å². The molecule has 0 unspecified atom stereocenters. The van der Waals surface area contributed by atoms with Crippen molar-refractivity contribution in [3.05, 3.63) is 84.2 Å². The van der Waals surface area contributed by atoms with Crippen LogP contribution in [0.15, 0.2) is 73.1 Å². The standard InChI is InChI=1S/C20H21ClN4S.C16H19ClN4.ClH/c21-11-14-1-3-16(4-2-14)19-5-6-20(26-19)17-12-25(23-22-17)18-13-24-9-7-15(18)8-10-24;17-9-12-1-3-13(4-2-12)15-10-21(19-18-15)16-11-20-7-5-14(16)6-8-20;/h1-6,12,15,18H,7-11,13H2;1-4,10,14,16H,5-9,11H2;1H/t18-;16-;/m00./s1. The summed E-state index contributed by atoms with van der Waals surface area (Å²) in [6, 6.07) is 22.0. The van der Waals surface area contributed by atoms with Crippen molar-refractivity contribution in [3.8, 4) is 32.3 Å². The smallest absolute Gasteiger partial charge is 0.123 e. The van der Waals surface area contributed by atoms with E-state index in [1.165, 1.54) is 67.2 Å². The number of alkyl halides is 2. The number of benzene rings is 2. The third kappa shape index (κ3) is 7.09. The lowest BCUT2D eigenvalue weighted by Crippen LogP contribution is -2.48. The molecule has 11 rings (SSSR count). The molecule has 0 amide bonds. The van der Waals surface area contributed by atoms with Gasteiger partial charge in [-0.15, -0.1) is 57.1 Å². The van der Waals surface area contributed by atoms with Crippen LogP contribution < -0.4 is 0 Å². The van der Waals surface area contributed by atoms with Gasteiger partial charge in [-0.2, -0.15) is 0 Å². The highest BCUT2D eigenvalue weighted by molar-refractivity contribution is 7.18. The summed E-state index contributed by atoms with van der Waals surface area (Å²) < 4.78 is 4.20. The van der Waals surface area contributed by atoms with Crippen molar-refractivity contribution < 1.29 is 0 Å². The van der Waals surface area contributed by atoms with Crippen LogP contribution in [0.3, 0.4) is 0 Å². The van der Waals surface area contributed by atoms with Gasteiger partial charge in [-0.05, 0) is 92.5 Å². The van der Waals surface area contributed by atoms with Gasteiger partial charge in [0.25, 0.3) is 0 Å². The van der Waals surface area contributed by atoms with Crippen molar-refractivity contribution in [1.29, 1.82) is 0 Å². The zero-order valence-corrected chi connectivity index (χ0v) is 30.0. The minimum atomic E-state index is 0. The average molecular weight is 724 g/mol. The molecule has 252 valence electrons. The second-order valence-electron chi connectivity index (χ2n) is 13.4. The Bertz CT molecular complexity index is 1770. The molecule has 0 spiro atoms. The Morgan fingerprint density at radius 1 is 0.583 bits per heavy atom. The van der Waals surface area contributed by atoms with Crippen LogP contribution >= 0.6 is 46.9 Å². The minimum Gasteiger partial charge on any atom is -0.301 e. The van der Waals surface area contributed by atoms with Crippen LogP contribution in [0.2, 0.25) is 0 Å². The van der Waals surface area contributed by atoms with Crippen LogP contribution in [-0.2, 0) is 11.8 Å². The second kappa shape index (κ2) is 15.0. The van der Waals surface area contributed by atoms with Crippen molar-refractivity contribution in [2.75, 3.05) is 39.3 Å². The van der Waals surface area contributed by atoms with Crippen molar-refractivity contribution in [2.45, 2.75) is 49.5 Å². The van der Waals surface area contributed by atoms with Crippen LogP contribution in [0.1, 0.15) is 48.9 Å². The fraction of sp³-hybridized carbons (Fsp3) is 0.444. The number of nitrogens with zero attached hydrogens (tertiary/aromatic N) is 8. The van der Waals surface area contributed by atoms with Gasteiger partial charge in [0.2, 0.25) is 0 Å². The maximum absolute atomic E-state index is 5.88. The van der Waals surface area contributed by atoms with Crippen LogP contribution in [0.25, 0.3) is 32.3 Å². The number of aromatic nitrogens is 6. The first-order chi connectivity index (χ1) is 23.1. The Morgan fingerprint density at radius 2 is 1.04 bits per heavy atom. The molecule has 0 radical (unpaired) electrons. The largest absolute Gasteiger partial charge is 0.301 e. The van der Waals surface area contributed by atoms with E-state index in [0.29, 0.717) is 23.8 Å². The summed E-state index contributed by atoms with van der Waals surface area (Å²) in [5.74, 6) is 2.63. The molecule has 0 saturated carbocycles. The Balaban J connectivity index is 0.000000152. The topological polar surface area (TPSA) is 67.9 Å². The van der Waals surface area contributed by atoms with E-state index in [-0.39, 0.29) is 12.4 Å². The van der Waals surface area contributed by atoms with Gasteiger partial charge in [0, 0.05) is 35.3 Å². The van der Waals surface area contributed by atoms with E-state index in [0.717, 1.165) is 53.0 Å². The number of hydrogen-bond donors (Lipinski definition) is 0. The normalized spacial score (nSPS) is 25.7. The van der Waals surface area contributed by atoms with Crippen molar-refractivity contribution in [1.82, 2.24) is 39.8 Å². The SMILES string of the molecule is Cl.ClCc1ccc(-c2ccc(-c3cn([C@H]4CN5CCC4CC5)nn3)s2)cc1.ClCc1ccc(-c2cn([C@H]3CN4CCC3CC4)nn2)cc1. The summed E-state index contributed by atoms with van der Waals surface area (Å²) in [5.41, 5.74) is 6.54. The third-order valence-corrected chi connectivity index (χ3v) is 12.4. The predicted molar refractivity (Wildman–Crippen MR) is 197 cm³/mol. The molecular formula is C36H41Cl3N8S. The lowest BCUT2D eigenvalue weighted by Gasteiger charge is -2.44. The quantitative estimate of drug-likeness (QED) is 0.158. The number of hydrogen-bond acceptors (Lipinski definition) is 7. The summed E-state index contributed by atoms with van der Waals surface area (Å²) in [5, 5.41) is 17.7. The lowest BCUT2D eigenvalue weighted by molar-refractivity contribution is 0.0504. The molecule has 12 heteroatoms. The Kier molecular flexibility index (Phi) is 10.5. The summed E-state index contributed by atoms with van der Waals surface area (Å²) in [4.78, 5) is 7.52. The molecule has 3 aromatic heterocycles.